The molecular weight excluding hydrogens is 301 g/mol. The van der Waals surface area contributed by atoms with Crippen LogP contribution in [0.25, 0.3) is 0 Å². The predicted octanol–water partition coefficient (Wildman–Crippen LogP) is 3.45. The fourth-order valence-corrected chi connectivity index (χ4v) is 2.87. The molecule has 0 spiro atoms. The molecule has 2 rings (SSSR count). The normalized spacial score (nSPS) is 11.3. The molecule has 2 aromatic carbocycles. The van der Waals surface area contributed by atoms with Crippen LogP contribution < -0.4 is 4.31 Å². The zero-order valence-corrected chi connectivity index (χ0v) is 12.3. The zero-order valence-electron chi connectivity index (χ0n) is 10.8. The Morgan fingerprint density at radius 3 is 2.45 bits per heavy atom. The highest BCUT2D eigenvalue weighted by Gasteiger charge is 2.19. The molecule has 0 fully saturated rings. The lowest BCUT2D eigenvalue weighted by atomic mass is 10.2. The molecule has 0 saturated carbocycles. The molecule has 0 radical (unpaired) electrons. The molecule has 106 valence electrons. The summed E-state index contributed by atoms with van der Waals surface area (Å²) >= 11 is 5.88. The fraction of sp³-hybridized carbons (Fsp3) is 0.143. The minimum Gasteiger partial charge on any atom is -0.266 e. The van der Waals surface area contributed by atoms with Crippen molar-refractivity contribution in [3.8, 4) is 0 Å². The number of rotatable bonds is 4. The van der Waals surface area contributed by atoms with E-state index in [0.717, 1.165) is 10.6 Å². The van der Waals surface area contributed by atoms with Crippen molar-refractivity contribution in [2.75, 3.05) is 10.6 Å². The van der Waals surface area contributed by atoms with Crippen LogP contribution >= 0.6 is 11.6 Å². The smallest absolute Gasteiger partial charge is 0.232 e. The van der Waals surface area contributed by atoms with Crippen LogP contribution in [0.2, 0.25) is 5.02 Å². The minimum absolute atomic E-state index is 0.0775. The molecule has 2 aromatic rings. The van der Waals surface area contributed by atoms with E-state index in [4.69, 9.17) is 11.6 Å². The summed E-state index contributed by atoms with van der Waals surface area (Å²) < 4.78 is 38.6. The molecule has 6 heteroatoms. The van der Waals surface area contributed by atoms with Crippen molar-refractivity contribution in [1.29, 1.82) is 0 Å². The number of hydrogen-bond donors (Lipinski definition) is 0. The van der Waals surface area contributed by atoms with E-state index < -0.39 is 15.8 Å². The van der Waals surface area contributed by atoms with Crippen molar-refractivity contribution in [3.63, 3.8) is 0 Å². The van der Waals surface area contributed by atoms with Crippen LogP contribution in [-0.2, 0) is 16.6 Å². The molecule has 3 nitrogen and oxygen atoms in total. The second kappa shape index (κ2) is 5.81. The fourth-order valence-electron chi connectivity index (χ4n) is 1.81. The summed E-state index contributed by atoms with van der Waals surface area (Å²) in [5.41, 5.74) is 0.709. The highest BCUT2D eigenvalue weighted by Crippen LogP contribution is 2.24. The van der Waals surface area contributed by atoms with Gasteiger partial charge < -0.3 is 0 Å². The Hall–Kier alpha value is -1.59. The van der Waals surface area contributed by atoms with Gasteiger partial charge in [0.15, 0.2) is 0 Å². The SMILES string of the molecule is CS(=O)(=O)N(Cc1ccccc1F)c1cccc(Cl)c1. The van der Waals surface area contributed by atoms with Gasteiger partial charge in [-0.3, -0.25) is 4.31 Å². The monoisotopic (exact) mass is 313 g/mol. The van der Waals surface area contributed by atoms with E-state index in [0.29, 0.717) is 16.3 Å². The number of hydrogen-bond acceptors (Lipinski definition) is 2. The molecule has 0 aliphatic carbocycles. The van der Waals surface area contributed by atoms with Crippen LogP contribution in [-0.4, -0.2) is 14.7 Å². The molecule has 0 aliphatic rings. The molecule has 20 heavy (non-hydrogen) atoms. The zero-order chi connectivity index (χ0) is 14.8. The van der Waals surface area contributed by atoms with Gasteiger partial charge in [-0.1, -0.05) is 35.9 Å². The molecule has 0 amide bonds. The van der Waals surface area contributed by atoms with E-state index in [2.05, 4.69) is 0 Å². The van der Waals surface area contributed by atoms with Crippen molar-refractivity contribution < 1.29 is 12.8 Å². The summed E-state index contributed by atoms with van der Waals surface area (Å²) in [7, 11) is -3.54. The van der Waals surface area contributed by atoms with Crippen LogP contribution in [0.5, 0.6) is 0 Å². The van der Waals surface area contributed by atoms with E-state index in [-0.39, 0.29) is 6.54 Å². The Balaban J connectivity index is 2.43. The summed E-state index contributed by atoms with van der Waals surface area (Å²) in [6.45, 7) is -0.0775. The summed E-state index contributed by atoms with van der Waals surface area (Å²) in [4.78, 5) is 0. The molecule has 0 aliphatic heterocycles. The number of nitrogens with zero attached hydrogens (tertiary/aromatic N) is 1. The average molecular weight is 314 g/mol. The van der Waals surface area contributed by atoms with Crippen LogP contribution in [0.15, 0.2) is 48.5 Å². The lowest BCUT2D eigenvalue weighted by Crippen LogP contribution is -2.29. The molecule has 0 heterocycles. The van der Waals surface area contributed by atoms with Gasteiger partial charge in [-0.05, 0) is 24.3 Å². The maximum absolute atomic E-state index is 13.7. The first-order chi connectivity index (χ1) is 9.38. The Bertz CT molecular complexity index is 719. The summed E-state index contributed by atoms with van der Waals surface area (Å²) in [6, 6.07) is 12.5. The van der Waals surface area contributed by atoms with Gasteiger partial charge in [-0.25, -0.2) is 12.8 Å². The largest absolute Gasteiger partial charge is 0.266 e. The van der Waals surface area contributed by atoms with Gasteiger partial charge in [0.05, 0.1) is 18.5 Å². The van der Waals surface area contributed by atoms with E-state index >= 15 is 0 Å². The molecule has 0 unspecified atom stereocenters. The first-order valence-corrected chi connectivity index (χ1v) is 8.07. The summed E-state index contributed by atoms with van der Waals surface area (Å²) in [5.74, 6) is -0.442. The highest BCUT2D eigenvalue weighted by molar-refractivity contribution is 7.92. The van der Waals surface area contributed by atoms with Gasteiger partial charge in [0, 0.05) is 10.6 Å². The molecule has 0 atom stereocenters. The molecule has 0 bridgehead atoms. The quantitative estimate of drug-likeness (QED) is 0.867. The van der Waals surface area contributed by atoms with Crippen molar-refractivity contribution in [2.45, 2.75) is 6.54 Å². The second-order valence-corrected chi connectivity index (χ2v) is 6.68. The maximum Gasteiger partial charge on any atom is 0.232 e. The van der Waals surface area contributed by atoms with E-state index in [1.54, 1.807) is 36.4 Å². The van der Waals surface area contributed by atoms with Gasteiger partial charge in [0.2, 0.25) is 10.0 Å². The molecule has 0 aromatic heterocycles. The van der Waals surface area contributed by atoms with Gasteiger partial charge in [-0.2, -0.15) is 0 Å². The Morgan fingerprint density at radius 1 is 1.15 bits per heavy atom. The van der Waals surface area contributed by atoms with Crippen molar-refractivity contribution >= 4 is 27.3 Å². The van der Waals surface area contributed by atoms with Gasteiger partial charge in [-0.15, -0.1) is 0 Å². The van der Waals surface area contributed by atoms with Crippen LogP contribution in [0, 0.1) is 5.82 Å². The second-order valence-electron chi connectivity index (χ2n) is 4.34. The number of halogens is 2. The summed E-state index contributed by atoms with van der Waals surface area (Å²) in [5, 5.41) is 0.421. The first kappa shape index (κ1) is 14.8. The highest BCUT2D eigenvalue weighted by atomic mass is 35.5. The topological polar surface area (TPSA) is 37.4 Å². The van der Waals surface area contributed by atoms with Gasteiger partial charge in [0.25, 0.3) is 0 Å². The third-order valence-electron chi connectivity index (χ3n) is 2.77. The third-order valence-corrected chi connectivity index (χ3v) is 4.14. The number of benzene rings is 2. The van der Waals surface area contributed by atoms with E-state index in [9.17, 15) is 12.8 Å². The van der Waals surface area contributed by atoms with Gasteiger partial charge >= 0.3 is 0 Å². The predicted molar refractivity (Wildman–Crippen MR) is 78.9 cm³/mol. The van der Waals surface area contributed by atoms with Gasteiger partial charge in [0.1, 0.15) is 5.82 Å². The third kappa shape index (κ3) is 3.49. The average Bonchev–Trinajstić information content (AvgIpc) is 2.36. The summed E-state index contributed by atoms with van der Waals surface area (Å²) in [6.07, 6.45) is 1.08. The van der Waals surface area contributed by atoms with Crippen LogP contribution in [0.3, 0.4) is 0 Å². The molecule has 0 N–H and O–H groups in total. The minimum atomic E-state index is -3.54. The molecular formula is C14H13ClFNO2S. The first-order valence-electron chi connectivity index (χ1n) is 5.84. The Kier molecular flexibility index (Phi) is 4.30. The van der Waals surface area contributed by atoms with Crippen molar-refractivity contribution in [1.82, 2.24) is 0 Å². The van der Waals surface area contributed by atoms with Crippen LogP contribution in [0.4, 0.5) is 10.1 Å². The number of anilines is 1. The van der Waals surface area contributed by atoms with Crippen molar-refractivity contribution in [3.05, 3.63) is 64.9 Å². The van der Waals surface area contributed by atoms with Crippen LogP contribution in [0.1, 0.15) is 5.56 Å². The Morgan fingerprint density at radius 2 is 1.85 bits per heavy atom. The molecule has 0 saturated heterocycles. The Labute approximate surface area is 122 Å². The van der Waals surface area contributed by atoms with E-state index in [1.807, 2.05) is 0 Å². The van der Waals surface area contributed by atoms with E-state index in [1.165, 1.54) is 12.1 Å². The standard InChI is InChI=1S/C14H13ClFNO2S/c1-20(18,19)17(13-7-4-6-12(15)9-13)10-11-5-2-3-8-14(11)16/h2-9H,10H2,1H3. The van der Waals surface area contributed by atoms with Crippen molar-refractivity contribution in [2.24, 2.45) is 0 Å². The maximum atomic E-state index is 13.7. The lowest BCUT2D eigenvalue weighted by Gasteiger charge is -2.22. The lowest BCUT2D eigenvalue weighted by molar-refractivity contribution is 0.590. The number of sulfonamides is 1.